The van der Waals surface area contributed by atoms with E-state index in [0.717, 1.165) is 0 Å². The number of nitrogens with zero attached hydrogens (tertiary/aromatic N) is 1. The fourth-order valence-corrected chi connectivity index (χ4v) is 1.45. The number of alkyl halides is 3. The highest BCUT2D eigenvalue weighted by Crippen LogP contribution is 2.28. The topological polar surface area (TPSA) is 23.8 Å². The van der Waals surface area contributed by atoms with E-state index in [0.29, 0.717) is 11.1 Å². The second kappa shape index (κ2) is 4.49. The first kappa shape index (κ1) is 11.8. The standard InChI is InChI=1S/C10H5BrF3N/c11-9(5-10(12,13)14)8-3-1-7(6-15)2-4-8/h1-5H/b9-5-. The summed E-state index contributed by atoms with van der Waals surface area (Å²) >= 11 is 2.83. The molecule has 0 aliphatic heterocycles. The van der Waals surface area contributed by atoms with Gasteiger partial charge in [0.2, 0.25) is 0 Å². The normalized spacial score (nSPS) is 12.3. The van der Waals surface area contributed by atoms with Crippen LogP contribution in [0.15, 0.2) is 30.3 Å². The van der Waals surface area contributed by atoms with E-state index in [9.17, 15) is 13.2 Å². The van der Waals surface area contributed by atoms with Crippen LogP contribution in [0, 0.1) is 11.3 Å². The third kappa shape index (κ3) is 3.76. The molecule has 78 valence electrons. The molecule has 0 N–H and O–H groups in total. The van der Waals surface area contributed by atoms with Gasteiger partial charge in [0.15, 0.2) is 0 Å². The molecule has 0 atom stereocenters. The third-order valence-corrected chi connectivity index (χ3v) is 2.27. The zero-order valence-electron chi connectivity index (χ0n) is 7.35. The lowest BCUT2D eigenvalue weighted by Gasteiger charge is -2.02. The van der Waals surface area contributed by atoms with Crippen molar-refractivity contribution in [1.82, 2.24) is 0 Å². The average Bonchev–Trinajstić information content (AvgIpc) is 2.15. The van der Waals surface area contributed by atoms with Gasteiger partial charge in [-0.15, -0.1) is 0 Å². The number of benzene rings is 1. The van der Waals surface area contributed by atoms with Crippen molar-refractivity contribution in [3.8, 4) is 6.07 Å². The van der Waals surface area contributed by atoms with Gasteiger partial charge in [-0.05, 0) is 17.7 Å². The maximum Gasteiger partial charge on any atom is 0.410 e. The molecule has 0 amide bonds. The summed E-state index contributed by atoms with van der Waals surface area (Å²) in [5.41, 5.74) is 0.789. The fourth-order valence-electron chi connectivity index (χ4n) is 0.931. The summed E-state index contributed by atoms with van der Waals surface area (Å²) in [6, 6.07) is 7.70. The van der Waals surface area contributed by atoms with Crippen LogP contribution >= 0.6 is 15.9 Å². The molecule has 0 aliphatic rings. The molecule has 0 unspecified atom stereocenters. The molecule has 0 saturated carbocycles. The second-order valence-electron chi connectivity index (χ2n) is 2.72. The van der Waals surface area contributed by atoms with Crippen LogP contribution in [0.3, 0.4) is 0 Å². The molecule has 15 heavy (non-hydrogen) atoms. The smallest absolute Gasteiger partial charge is 0.192 e. The summed E-state index contributed by atoms with van der Waals surface area (Å²) < 4.78 is 35.9. The molecule has 0 radical (unpaired) electrons. The summed E-state index contributed by atoms with van der Waals surface area (Å²) in [5, 5.41) is 8.50. The van der Waals surface area contributed by atoms with Gasteiger partial charge >= 0.3 is 6.18 Å². The maximum absolute atomic E-state index is 12.0. The van der Waals surface area contributed by atoms with Gasteiger partial charge in [0.25, 0.3) is 0 Å². The average molecular weight is 276 g/mol. The van der Waals surface area contributed by atoms with Crippen LogP contribution < -0.4 is 0 Å². The molecule has 1 rings (SSSR count). The minimum Gasteiger partial charge on any atom is -0.192 e. The molecular formula is C10H5BrF3N. The Hall–Kier alpha value is -1.28. The van der Waals surface area contributed by atoms with Gasteiger partial charge in [0.1, 0.15) is 0 Å². The van der Waals surface area contributed by atoms with Crippen LogP contribution in [-0.4, -0.2) is 6.18 Å². The Bertz CT molecular complexity index is 412. The van der Waals surface area contributed by atoms with Gasteiger partial charge in [-0.25, -0.2) is 0 Å². The lowest BCUT2D eigenvalue weighted by atomic mass is 10.1. The minimum absolute atomic E-state index is 0.0560. The molecule has 0 spiro atoms. The Morgan fingerprint density at radius 1 is 1.27 bits per heavy atom. The van der Waals surface area contributed by atoms with Crippen molar-refractivity contribution in [2.75, 3.05) is 0 Å². The van der Waals surface area contributed by atoms with Crippen LogP contribution in [0.5, 0.6) is 0 Å². The third-order valence-electron chi connectivity index (χ3n) is 1.58. The molecule has 1 nitrogen and oxygen atoms in total. The molecule has 0 aliphatic carbocycles. The Morgan fingerprint density at radius 2 is 1.80 bits per heavy atom. The van der Waals surface area contributed by atoms with Crippen molar-refractivity contribution < 1.29 is 13.2 Å². The van der Waals surface area contributed by atoms with Crippen LogP contribution in [0.4, 0.5) is 13.2 Å². The highest BCUT2D eigenvalue weighted by Gasteiger charge is 2.24. The number of rotatable bonds is 1. The highest BCUT2D eigenvalue weighted by atomic mass is 79.9. The molecule has 1 aromatic carbocycles. The van der Waals surface area contributed by atoms with E-state index in [1.807, 2.05) is 6.07 Å². The Kier molecular flexibility index (Phi) is 3.53. The first-order chi connectivity index (χ1) is 6.92. The highest BCUT2D eigenvalue weighted by molar-refractivity contribution is 9.15. The molecule has 0 heterocycles. The first-order valence-corrected chi connectivity index (χ1v) is 4.67. The molecule has 1 aromatic rings. The quantitative estimate of drug-likeness (QED) is 0.764. The summed E-state index contributed by atoms with van der Waals surface area (Å²) in [5.74, 6) is 0. The fraction of sp³-hybridized carbons (Fsp3) is 0.100. The van der Waals surface area contributed by atoms with Gasteiger partial charge in [0.05, 0.1) is 11.6 Å². The number of allylic oxidation sites excluding steroid dienone is 1. The van der Waals surface area contributed by atoms with Gasteiger partial charge in [-0.2, -0.15) is 18.4 Å². The van der Waals surface area contributed by atoms with Crippen LogP contribution in [0.1, 0.15) is 11.1 Å². The van der Waals surface area contributed by atoms with Gasteiger partial charge in [-0.1, -0.05) is 28.1 Å². The van der Waals surface area contributed by atoms with Gasteiger partial charge in [-0.3, -0.25) is 0 Å². The van der Waals surface area contributed by atoms with Gasteiger partial charge in [0, 0.05) is 10.6 Å². The lowest BCUT2D eigenvalue weighted by Crippen LogP contribution is -2.01. The van der Waals surface area contributed by atoms with E-state index in [1.165, 1.54) is 24.3 Å². The largest absolute Gasteiger partial charge is 0.410 e. The predicted molar refractivity (Wildman–Crippen MR) is 54.1 cm³/mol. The van der Waals surface area contributed by atoms with Crippen LogP contribution in [0.2, 0.25) is 0 Å². The molecular weight excluding hydrogens is 271 g/mol. The number of nitriles is 1. The summed E-state index contributed by atoms with van der Waals surface area (Å²) in [7, 11) is 0. The van der Waals surface area contributed by atoms with E-state index >= 15 is 0 Å². The zero-order chi connectivity index (χ0) is 11.5. The Labute approximate surface area is 93.0 Å². The number of halogens is 4. The molecule has 5 heteroatoms. The van der Waals surface area contributed by atoms with E-state index in [2.05, 4.69) is 15.9 Å². The lowest BCUT2D eigenvalue weighted by molar-refractivity contribution is -0.0791. The van der Waals surface area contributed by atoms with Gasteiger partial charge < -0.3 is 0 Å². The van der Waals surface area contributed by atoms with E-state index in [-0.39, 0.29) is 10.6 Å². The van der Waals surface area contributed by atoms with Crippen molar-refractivity contribution in [2.24, 2.45) is 0 Å². The van der Waals surface area contributed by atoms with Crippen LogP contribution in [-0.2, 0) is 0 Å². The monoisotopic (exact) mass is 275 g/mol. The van der Waals surface area contributed by atoms with Crippen molar-refractivity contribution >= 4 is 20.4 Å². The van der Waals surface area contributed by atoms with Crippen molar-refractivity contribution in [3.63, 3.8) is 0 Å². The predicted octanol–water partition coefficient (Wildman–Crippen LogP) is 3.86. The van der Waals surface area contributed by atoms with Crippen molar-refractivity contribution in [2.45, 2.75) is 6.18 Å². The van der Waals surface area contributed by atoms with Crippen LogP contribution in [0.25, 0.3) is 4.48 Å². The Morgan fingerprint density at radius 3 is 2.20 bits per heavy atom. The number of hydrogen-bond donors (Lipinski definition) is 0. The number of hydrogen-bond acceptors (Lipinski definition) is 1. The van der Waals surface area contributed by atoms with E-state index < -0.39 is 6.18 Å². The van der Waals surface area contributed by atoms with E-state index in [4.69, 9.17) is 5.26 Å². The Balaban J connectivity index is 2.98. The summed E-state index contributed by atoms with van der Waals surface area (Å²) in [4.78, 5) is 0. The van der Waals surface area contributed by atoms with Crippen molar-refractivity contribution in [3.05, 3.63) is 41.5 Å². The zero-order valence-corrected chi connectivity index (χ0v) is 8.93. The molecule has 0 fully saturated rings. The first-order valence-electron chi connectivity index (χ1n) is 3.88. The van der Waals surface area contributed by atoms with E-state index in [1.54, 1.807) is 0 Å². The second-order valence-corrected chi connectivity index (χ2v) is 3.58. The van der Waals surface area contributed by atoms with Crippen molar-refractivity contribution in [1.29, 1.82) is 5.26 Å². The molecule has 0 aromatic heterocycles. The SMILES string of the molecule is N#Cc1ccc(/C(Br)=C/C(F)(F)F)cc1. The summed E-state index contributed by atoms with van der Waals surface area (Å²) in [6.45, 7) is 0. The molecule has 0 saturated heterocycles. The minimum atomic E-state index is -4.35. The summed E-state index contributed by atoms with van der Waals surface area (Å²) in [6.07, 6.45) is -4.19. The molecule has 0 bridgehead atoms. The maximum atomic E-state index is 12.0.